The topological polar surface area (TPSA) is 69.6 Å². The zero-order valence-corrected chi connectivity index (χ0v) is 15.2. The third-order valence-electron chi connectivity index (χ3n) is 4.59. The third-order valence-corrected chi connectivity index (χ3v) is 4.59. The van der Waals surface area contributed by atoms with Gasteiger partial charge in [-0.3, -0.25) is 9.59 Å². The minimum absolute atomic E-state index is 0.208. The molecule has 1 heterocycles. The van der Waals surface area contributed by atoms with E-state index in [1.807, 2.05) is 45.3 Å². The highest BCUT2D eigenvalue weighted by Gasteiger charge is 2.45. The van der Waals surface area contributed by atoms with Crippen LogP contribution >= 0.6 is 0 Å². The van der Waals surface area contributed by atoms with Crippen LogP contribution in [-0.2, 0) is 16.0 Å². The van der Waals surface area contributed by atoms with E-state index in [1.54, 1.807) is 6.08 Å². The number of aryl methyl sites for hydroxylation is 1. The van der Waals surface area contributed by atoms with Crippen molar-refractivity contribution >= 4 is 11.9 Å². The Balaban J connectivity index is 2.20. The molecule has 1 aliphatic heterocycles. The van der Waals surface area contributed by atoms with Crippen molar-refractivity contribution in [2.75, 3.05) is 20.6 Å². The van der Waals surface area contributed by atoms with Crippen LogP contribution in [0.3, 0.4) is 0 Å². The number of carbonyl (C=O) groups is 2. The van der Waals surface area contributed by atoms with Gasteiger partial charge in [-0.1, -0.05) is 43.3 Å². The molecule has 0 spiro atoms. The number of nitrogens with one attached hydrogen (secondary N) is 1. The molecule has 1 aromatic rings. The normalized spacial score (nSPS) is 23.4. The first-order chi connectivity index (χ1) is 11.9. The van der Waals surface area contributed by atoms with Crippen molar-refractivity contribution < 1.29 is 14.7 Å². The summed E-state index contributed by atoms with van der Waals surface area (Å²) in [5.74, 6) is -2.53. The quantitative estimate of drug-likeness (QED) is 0.711. The lowest BCUT2D eigenvalue weighted by atomic mass is 9.86. The molecule has 1 fully saturated rings. The molecule has 1 saturated heterocycles. The van der Waals surface area contributed by atoms with Crippen LogP contribution in [0.5, 0.6) is 0 Å². The lowest BCUT2D eigenvalue weighted by Gasteiger charge is -2.18. The van der Waals surface area contributed by atoms with Crippen molar-refractivity contribution in [3.63, 3.8) is 0 Å². The van der Waals surface area contributed by atoms with Gasteiger partial charge in [-0.15, -0.1) is 0 Å². The Morgan fingerprint density at radius 3 is 2.76 bits per heavy atom. The van der Waals surface area contributed by atoms with Gasteiger partial charge in [0, 0.05) is 0 Å². The zero-order valence-electron chi connectivity index (χ0n) is 15.2. The van der Waals surface area contributed by atoms with E-state index in [-0.39, 0.29) is 5.91 Å². The Bertz CT molecular complexity index is 640. The molecular weight excluding hydrogens is 316 g/mol. The van der Waals surface area contributed by atoms with Gasteiger partial charge >= 0.3 is 5.97 Å². The lowest BCUT2D eigenvalue weighted by Crippen LogP contribution is -2.25. The van der Waals surface area contributed by atoms with Gasteiger partial charge in [0.25, 0.3) is 0 Å². The van der Waals surface area contributed by atoms with E-state index in [1.165, 1.54) is 5.56 Å². The maximum atomic E-state index is 12.3. The van der Waals surface area contributed by atoms with Crippen molar-refractivity contribution in [1.29, 1.82) is 0 Å². The molecule has 25 heavy (non-hydrogen) atoms. The molecule has 0 bridgehead atoms. The summed E-state index contributed by atoms with van der Waals surface area (Å²) in [6.07, 6.45) is 6.35. The van der Waals surface area contributed by atoms with E-state index in [2.05, 4.69) is 16.3 Å². The van der Waals surface area contributed by atoms with E-state index in [4.69, 9.17) is 0 Å². The highest BCUT2D eigenvalue weighted by atomic mass is 16.4. The number of hydrogen-bond donors (Lipinski definition) is 2. The SMILES string of the molecule is CCC=CC1C(=O)NC(c2cccc(CCCN(C)C)c2)C1C(=O)O. The predicted octanol–water partition coefficient (Wildman–Crippen LogP) is 2.63. The van der Waals surface area contributed by atoms with Crippen molar-refractivity contribution in [2.24, 2.45) is 11.8 Å². The van der Waals surface area contributed by atoms with Crippen molar-refractivity contribution in [1.82, 2.24) is 10.2 Å². The Labute approximate surface area is 149 Å². The summed E-state index contributed by atoms with van der Waals surface area (Å²) in [6, 6.07) is 7.45. The molecule has 2 rings (SSSR count). The van der Waals surface area contributed by atoms with Crippen molar-refractivity contribution in [3.8, 4) is 0 Å². The number of allylic oxidation sites excluding steroid dienone is 1. The standard InChI is InChI=1S/C20H28N2O3/c1-4-5-11-16-17(20(24)25)18(21-19(16)23)15-10-6-8-14(13-15)9-7-12-22(2)3/h5-6,8,10-11,13,16-18H,4,7,9,12H2,1-3H3,(H,21,23)(H,24,25). The van der Waals surface area contributed by atoms with Gasteiger partial charge in [0.1, 0.15) is 0 Å². The molecule has 1 aliphatic rings. The molecule has 0 aromatic heterocycles. The Morgan fingerprint density at radius 2 is 2.12 bits per heavy atom. The van der Waals surface area contributed by atoms with E-state index in [9.17, 15) is 14.7 Å². The number of amides is 1. The smallest absolute Gasteiger partial charge is 0.310 e. The Kier molecular flexibility index (Phi) is 6.76. The summed E-state index contributed by atoms with van der Waals surface area (Å²) in [6.45, 7) is 2.97. The van der Waals surface area contributed by atoms with Crippen LogP contribution < -0.4 is 5.32 Å². The van der Waals surface area contributed by atoms with Gasteiger partial charge in [-0.05, 0) is 51.0 Å². The lowest BCUT2D eigenvalue weighted by molar-refractivity contribution is -0.144. The summed E-state index contributed by atoms with van der Waals surface area (Å²) >= 11 is 0. The summed E-state index contributed by atoms with van der Waals surface area (Å²) in [7, 11) is 4.10. The average molecular weight is 344 g/mol. The van der Waals surface area contributed by atoms with Gasteiger partial charge in [-0.25, -0.2) is 0 Å². The molecular formula is C20H28N2O3. The van der Waals surface area contributed by atoms with E-state index >= 15 is 0 Å². The van der Waals surface area contributed by atoms with Gasteiger partial charge in [0.15, 0.2) is 0 Å². The summed E-state index contributed by atoms with van der Waals surface area (Å²) in [5, 5.41) is 12.6. The fourth-order valence-electron chi connectivity index (χ4n) is 3.33. The molecule has 3 unspecified atom stereocenters. The molecule has 1 amide bonds. The fourth-order valence-corrected chi connectivity index (χ4v) is 3.33. The Morgan fingerprint density at radius 1 is 1.36 bits per heavy atom. The summed E-state index contributed by atoms with van der Waals surface area (Å²) in [4.78, 5) is 26.2. The first-order valence-electron chi connectivity index (χ1n) is 8.87. The number of benzene rings is 1. The van der Waals surface area contributed by atoms with Crippen LogP contribution in [0.25, 0.3) is 0 Å². The maximum absolute atomic E-state index is 12.3. The number of hydrogen-bond acceptors (Lipinski definition) is 3. The molecule has 5 nitrogen and oxygen atoms in total. The van der Waals surface area contributed by atoms with Crippen molar-refractivity contribution in [2.45, 2.75) is 32.2 Å². The number of rotatable bonds is 8. The minimum atomic E-state index is -0.938. The molecule has 5 heteroatoms. The van der Waals surface area contributed by atoms with Crippen LogP contribution in [0.15, 0.2) is 36.4 Å². The largest absolute Gasteiger partial charge is 0.481 e. The van der Waals surface area contributed by atoms with Crippen LogP contribution in [0, 0.1) is 11.8 Å². The molecule has 2 N–H and O–H groups in total. The number of carboxylic acid groups (broad SMARTS) is 1. The number of aliphatic carboxylic acids is 1. The fraction of sp³-hybridized carbons (Fsp3) is 0.500. The first kappa shape index (κ1) is 19.2. The molecule has 0 aliphatic carbocycles. The van der Waals surface area contributed by atoms with Gasteiger partial charge < -0.3 is 15.3 Å². The van der Waals surface area contributed by atoms with Gasteiger partial charge in [-0.2, -0.15) is 0 Å². The highest BCUT2D eigenvalue weighted by molar-refractivity contribution is 5.91. The van der Waals surface area contributed by atoms with Crippen LogP contribution in [0.4, 0.5) is 0 Å². The van der Waals surface area contributed by atoms with Gasteiger partial charge in [0.05, 0.1) is 17.9 Å². The van der Waals surface area contributed by atoms with Crippen molar-refractivity contribution in [3.05, 3.63) is 47.5 Å². The number of nitrogens with zero attached hydrogens (tertiary/aromatic N) is 1. The Hall–Kier alpha value is -2.14. The molecule has 3 atom stereocenters. The summed E-state index contributed by atoms with van der Waals surface area (Å²) in [5.41, 5.74) is 2.04. The van der Waals surface area contributed by atoms with Gasteiger partial charge in [0.2, 0.25) is 5.91 Å². The van der Waals surface area contributed by atoms with Crippen LogP contribution in [-0.4, -0.2) is 42.5 Å². The molecule has 0 saturated carbocycles. The van der Waals surface area contributed by atoms with E-state index in [0.29, 0.717) is 0 Å². The maximum Gasteiger partial charge on any atom is 0.310 e. The zero-order chi connectivity index (χ0) is 18.4. The first-order valence-corrected chi connectivity index (χ1v) is 8.87. The second-order valence-electron chi connectivity index (χ2n) is 6.86. The molecule has 136 valence electrons. The monoisotopic (exact) mass is 344 g/mol. The summed E-state index contributed by atoms with van der Waals surface area (Å²) < 4.78 is 0. The highest BCUT2D eigenvalue weighted by Crippen LogP contribution is 2.36. The number of carbonyl (C=O) groups excluding carboxylic acids is 1. The minimum Gasteiger partial charge on any atom is -0.481 e. The second-order valence-corrected chi connectivity index (χ2v) is 6.86. The molecule has 0 radical (unpaired) electrons. The van der Waals surface area contributed by atoms with Crippen LogP contribution in [0.2, 0.25) is 0 Å². The molecule has 1 aromatic carbocycles. The third kappa shape index (κ3) is 4.92. The second kappa shape index (κ2) is 8.81. The van der Waals surface area contributed by atoms with Crippen LogP contribution in [0.1, 0.15) is 36.9 Å². The van der Waals surface area contributed by atoms with E-state index < -0.39 is 23.8 Å². The van der Waals surface area contributed by atoms with E-state index in [0.717, 1.165) is 31.4 Å². The average Bonchev–Trinajstić information content (AvgIpc) is 2.89. The predicted molar refractivity (Wildman–Crippen MR) is 98.2 cm³/mol. The number of carboxylic acids is 1.